The number of amides is 1. The van der Waals surface area contributed by atoms with Gasteiger partial charge in [0.25, 0.3) is 5.91 Å². The quantitative estimate of drug-likeness (QED) is 0.658. The molecule has 0 saturated carbocycles. The molecule has 4 nitrogen and oxygen atoms in total. The van der Waals surface area contributed by atoms with E-state index in [0.717, 1.165) is 12.8 Å². The first-order valence-corrected chi connectivity index (χ1v) is 7.85. The number of halogens is 2. The number of allylic oxidation sites excluding steroid dienone is 2. The van der Waals surface area contributed by atoms with E-state index in [1.54, 1.807) is 18.2 Å². The fourth-order valence-electron chi connectivity index (χ4n) is 2.17. The molecular formula is C16H17Cl2NO3. The van der Waals surface area contributed by atoms with Crippen LogP contribution < -0.4 is 5.32 Å². The van der Waals surface area contributed by atoms with Crippen LogP contribution in [0.5, 0.6) is 0 Å². The van der Waals surface area contributed by atoms with Gasteiger partial charge in [-0.1, -0.05) is 41.4 Å². The zero-order valence-electron chi connectivity index (χ0n) is 12.1. The van der Waals surface area contributed by atoms with Crippen molar-refractivity contribution in [2.24, 2.45) is 5.92 Å². The van der Waals surface area contributed by atoms with E-state index >= 15 is 0 Å². The Morgan fingerprint density at radius 2 is 1.95 bits per heavy atom. The Balaban J connectivity index is 1.94. The van der Waals surface area contributed by atoms with Gasteiger partial charge >= 0.3 is 5.97 Å². The summed E-state index contributed by atoms with van der Waals surface area (Å²) in [5.41, 5.74) is 0.319. The van der Waals surface area contributed by atoms with Crippen LogP contribution in [0, 0.1) is 5.92 Å². The van der Waals surface area contributed by atoms with Gasteiger partial charge in [0.2, 0.25) is 0 Å². The minimum atomic E-state index is -0.911. The second-order valence-electron chi connectivity index (χ2n) is 5.15. The summed E-state index contributed by atoms with van der Waals surface area (Å²) >= 11 is 12.0. The minimum absolute atomic E-state index is 0.177. The molecule has 0 unspecified atom stereocenters. The number of hydrogen-bond acceptors (Lipinski definition) is 3. The van der Waals surface area contributed by atoms with E-state index < -0.39 is 12.0 Å². The van der Waals surface area contributed by atoms with Crippen molar-refractivity contribution in [1.82, 2.24) is 0 Å². The molecule has 0 fully saturated rings. The van der Waals surface area contributed by atoms with E-state index in [1.165, 1.54) is 6.92 Å². The van der Waals surface area contributed by atoms with Gasteiger partial charge in [0.05, 0.1) is 21.7 Å². The fourth-order valence-corrected chi connectivity index (χ4v) is 2.67. The van der Waals surface area contributed by atoms with Gasteiger partial charge in [0.15, 0.2) is 6.10 Å². The van der Waals surface area contributed by atoms with Crippen molar-refractivity contribution < 1.29 is 14.3 Å². The lowest BCUT2D eigenvalue weighted by molar-refractivity contribution is -0.157. The molecular weight excluding hydrogens is 325 g/mol. The summed E-state index contributed by atoms with van der Waals surface area (Å²) < 4.78 is 5.23. The van der Waals surface area contributed by atoms with Gasteiger partial charge in [-0.15, -0.1) is 0 Å². The Kier molecular flexibility index (Phi) is 5.86. The monoisotopic (exact) mass is 341 g/mol. The summed E-state index contributed by atoms with van der Waals surface area (Å²) in [7, 11) is 0. The van der Waals surface area contributed by atoms with Crippen LogP contribution in [0.1, 0.15) is 26.2 Å². The average Bonchev–Trinajstić information content (AvgIpc) is 2.51. The third kappa shape index (κ3) is 4.24. The smallest absolute Gasteiger partial charge is 0.310 e. The molecule has 6 heteroatoms. The summed E-state index contributed by atoms with van der Waals surface area (Å²) in [5, 5.41) is 3.25. The summed E-state index contributed by atoms with van der Waals surface area (Å²) in [6.45, 7) is 1.52. The van der Waals surface area contributed by atoms with Crippen LogP contribution in [0.3, 0.4) is 0 Å². The summed E-state index contributed by atoms with van der Waals surface area (Å²) in [5.74, 6) is -0.990. The summed E-state index contributed by atoms with van der Waals surface area (Å²) in [4.78, 5) is 24.1. The number of benzene rings is 1. The standard InChI is InChI=1S/C16H17Cl2NO3/c1-10(22-16(21)11-6-3-2-4-7-11)15(20)19-14-12(17)8-5-9-13(14)18/h2-3,5,8-11H,4,6-7H2,1H3,(H,19,20)/t10-,11-/m1/s1. The molecule has 0 spiro atoms. The van der Waals surface area contributed by atoms with Crippen molar-refractivity contribution in [3.63, 3.8) is 0 Å². The molecule has 22 heavy (non-hydrogen) atoms. The van der Waals surface area contributed by atoms with E-state index in [9.17, 15) is 9.59 Å². The van der Waals surface area contributed by atoms with Crippen LogP contribution in [0.25, 0.3) is 0 Å². The van der Waals surface area contributed by atoms with E-state index in [-0.39, 0.29) is 11.9 Å². The third-order valence-electron chi connectivity index (χ3n) is 3.48. The SMILES string of the molecule is C[C@@H](OC(=O)[C@@H]1CC=CCC1)C(=O)Nc1c(Cl)cccc1Cl. The topological polar surface area (TPSA) is 55.4 Å². The lowest BCUT2D eigenvalue weighted by Crippen LogP contribution is -2.32. The highest BCUT2D eigenvalue weighted by Crippen LogP contribution is 2.30. The molecule has 118 valence electrons. The first-order valence-electron chi connectivity index (χ1n) is 7.09. The third-order valence-corrected chi connectivity index (χ3v) is 4.11. The van der Waals surface area contributed by atoms with E-state index in [1.807, 2.05) is 12.2 Å². The van der Waals surface area contributed by atoms with Crippen molar-refractivity contribution in [1.29, 1.82) is 0 Å². The zero-order valence-corrected chi connectivity index (χ0v) is 13.7. The molecule has 0 bridgehead atoms. The highest BCUT2D eigenvalue weighted by molar-refractivity contribution is 6.39. The molecule has 0 aliphatic heterocycles. The van der Waals surface area contributed by atoms with Gasteiger partial charge in [-0.05, 0) is 38.3 Å². The molecule has 1 aromatic rings. The molecule has 0 radical (unpaired) electrons. The number of rotatable bonds is 4. The molecule has 1 aliphatic carbocycles. The summed E-state index contributed by atoms with van der Waals surface area (Å²) in [6, 6.07) is 4.92. The van der Waals surface area contributed by atoms with Crippen molar-refractivity contribution >= 4 is 40.8 Å². The largest absolute Gasteiger partial charge is 0.452 e. The maximum absolute atomic E-state index is 12.1. The van der Waals surface area contributed by atoms with Crippen LogP contribution in [-0.2, 0) is 14.3 Å². The van der Waals surface area contributed by atoms with Crippen LogP contribution in [0.15, 0.2) is 30.4 Å². The van der Waals surface area contributed by atoms with Crippen molar-refractivity contribution in [3.05, 3.63) is 40.4 Å². The van der Waals surface area contributed by atoms with Crippen LogP contribution >= 0.6 is 23.2 Å². The number of carbonyl (C=O) groups excluding carboxylic acids is 2. The van der Waals surface area contributed by atoms with Crippen LogP contribution in [-0.4, -0.2) is 18.0 Å². The molecule has 1 aliphatic rings. The van der Waals surface area contributed by atoms with Crippen molar-refractivity contribution in [3.8, 4) is 0 Å². The molecule has 2 atom stereocenters. The maximum Gasteiger partial charge on any atom is 0.310 e. The number of nitrogens with one attached hydrogen (secondary N) is 1. The first kappa shape index (κ1) is 16.8. The fraction of sp³-hybridized carbons (Fsp3) is 0.375. The van der Waals surface area contributed by atoms with E-state index in [4.69, 9.17) is 27.9 Å². The van der Waals surface area contributed by atoms with E-state index in [2.05, 4.69) is 5.32 Å². The Labute approximate surface area is 139 Å². The number of para-hydroxylation sites is 1. The number of carbonyl (C=O) groups is 2. The lowest BCUT2D eigenvalue weighted by atomic mass is 9.95. The normalized spacial score (nSPS) is 18.6. The lowest BCUT2D eigenvalue weighted by Gasteiger charge is -2.20. The molecule has 0 heterocycles. The zero-order chi connectivity index (χ0) is 16.1. The number of hydrogen-bond donors (Lipinski definition) is 1. The van der Waals surface area contributed by atoms with Crippen molar-refractivity contribution in [2.45, 2.75) is 32.3 Å². The highest BCUT2D eigenvalue weighted by Gasteiger charge is 2.25. The second kappa shape index (κ2) is 7.65. The van der Waals surface area contributed by atoms with Gasteiger partial charge in [-0.2, -0.15) is 0 Å². The number of anilines is 1. The second-order valence-corrected chi connectivity index (χ2v) is 5.96. The molecule has 1 amide bonds. The van der Waals surface area contributed by atoms with E-state index in [0.29, 0.717) is 22.2 Å². The van der Waals surface area contributed by atoms with Crippen molar-refractivity contribution in [2.75, 3.05) is 5.32 Å². The predicted molar refractivity (Wildman–Crippen MR) is 87.1 cm³/mol. The van der Waals surface area contributed by atoms with Gasteiger partial charge in [0.1, 0.15) is 0 Å². The van der Waals surface area contributed by atoms with Crippen LogP contribution in [0.2, 0.25) is 10.0 Å². The molecule has 2 rings (SSSR count). The molecule has 1 aromatic carbocycles. The average molecular weight is 342 g/mol. The Bertz CT molecular complexity index is 581. The molecule has 0 aromatic heterocycles. The molecule has 0 saturated heterocycles. The van der Waals surface area contributed by atoms with Gasteiger partial charge in [-0.25, -0.2) is 0 Å². The minimum Gasteiger partial charge on any atom is -0.452 e. The highest BCUT2D eigenvalue weighted by atomic mass is 35.5. The van der Waals surface area contributed by atoms with Crippen LogP contribution in [0.4, 0.5) is 5.69 Å². The van der Waals surface area contributed by atoms with Gasteiger partial charge in [0, 0.05) is 0 Å². The van der Waals surface area contributed by atoms with Gasteiger partial charge < -0.3 is 10.1 Å². The molecule has 1 N–H and O–H groups in total. The predicted octanol–water partition coefficient (Wildman–Crippen LogP) is 4.22. The van der Waals surface area contributed by atoms with Gasteiger partial charge in [-0.3, -0.25) is 9.59 Å². The number of esters is 1. The Morgan fingerprint density at radius 3 is 2.55 bits per heavy atom. The maximum atomic E-state index is 12.1. The Hall–Kier alpha value is -1.52. The summed E-state index contributed by atoms with van der Waals surface area (Å²) in [6.07, 6.45) is 5.35. The first-order chi connectivity index (χ1) is 10.5. The Morgan fingerprint density at radius 1 is 1.27 bits per heavy atom. The number of ether oxygens (including phenoxy) is 1.